The number of nitrogens with zero attached hydrogens (tertiary/aromatic N) is 1. The molecular weight excluding hydrogens is 284 g/mol. The van der Waals surface area contributed by atoms with Gasteiger partial charge in [0.1, 0.15) is 6.17 Å². The van der Waals surface area contributed by atoms with Gasteiger partial charge in [0.05, 0.1) is 6.04 Å². The Kier molecular flexibility index (Phi) is 3.98. The number of hydrogen-bond donors (Lipinski definition) is 1. The van der Waals surface area contributed by atoms with Crippen molar-refractivity contribution in [2.75, 3.05) is 6.54 Å². The highest BCUT2D eigenvalue weighted by Crippen LogP contribution is 2.41. The topological polar surface area (TPSA) is 32.3 Å². The lowest BCUT2D eigenvalue weighted by Gasteiger charge is -2.24. The van der Waals surface area contributed by atoms with E-state index in [-0.39, 0.29) is 18.1 Å². The van der Waals surface area contributed by atoms with Gasteiger partial charge >= 0.3 is 0 Å². The third-order valence-corrected chi connectivity index (χ3v) is 5.01. The van der Waals surface area contributed by atoms with E-state index in [1.54, 1.807) is 0 Å². The van der Waals surface area contributed by atoms with Gasteiger partial charge in [0.25, 0.3) is 0 Å². The fourth-order valence-corrected chi connectivity index (χ4v) is 3.26. The lowest BCUT2D eigenvalue weighted by Crippen LogP contribution is -2.35. The van der Waals surface area contributed by atoms with Crippen LogP contribution in [-0.4, -0.2) is 23.4 Å². The average Bonchev–Trinajstić information content (AvgIpc) is 3.03. The fourth-order valence-electron chi connectivity index (χ4n) is 3.14. The number of rotatable bonds is 4. The molecule has 1 aromatic rings. The molecule has 4 atom stereocenters. The van der Waals surface area contributed by atoms with E-state index in [2.05, 4.69) is 26.1 Å². The Hall–Kier alpha value is -1.06. The molecule has 1 heterocycles. The first-order valence-electron chi connectivity index (χ1n) is 7.79. The predicted molar refractivity (Wildman–Crippen MR) is 84.9 cm³/mol. The summed E-state index contributed by atoms with van der Waals surface area (Å²) in [6.07, 6.45) is 1.22. The fraction of sp³-hybridized carbons (Fsp3) is 0.588. The molecule has 4 heteroatoms. The van der Waals surface area contributed by atoms with E-state index in [4.69, 9.17) is 11.6 Å². The van der Waals surface area contributed by atoms with Crippen LogP contribution in [0.25, 0.3) is 0 Å². The van der Waals surface area contributed by atoms with Crippen LogP contribution in [0.3, 0.4) is 0 Å². The molecule has 114 valence electrons. The van der Waals surface area contributed by atoms with Crippen molar-refractivity contribution >= 4 is 17.5 Å². The van der Waals surface area contributed by atoms with Gasteiger partial charge in [-0.05, 0) is 41.9 Å². The molecule has 1 aromatic carbocycles. The van der Waals surface area contributed by atoms with E-state index < -0.39 is 0 Å². The molecule has 1 aliphatic carbocycles. The summed E-state index contributed by atoms with van der Waals surface area (Å²) in [5.74, 6) is 1.95. The maximum atomic E-state index is 12.7. The van der Waals surface area contributed by atoms with Gasteiger partial charge < -0.3 is 4.90 Å². The van der Waals surface area contributed by atoms with E-state index in [1.165, 1.54) is 6.42 Å². The standard InChI is InChI=1S/C17H23ClN2O/c1-10(2)15-17(21)20(9-13-8-11(13)3)16(19-15)12-4-6-14(18)7-5-12/h4-7,10-11,13,15-16,19H,8-9H2,1-3H3. The third-order valence-electron chi connectivity index (χ3n) is 4.76. The third kappa shape index (κ3) is 2.95. The van der Waals surface area contributed by atoms with Crippen LogP contribution in [0.2, 0.25) is 5.02 Å². The Morgan fingerprint density at radius 2 is 1.95 bits per heavy atom. The Balaban J connectivity index is 1.84. The van der Waals surface area contributed by atoms with Crippen LogP contribution >= 0.6 is 11.6 Å². The van der Waals surface area contributed by atoms with E-state index in [0.29, 0.717) is 11.8 Å². The van der Waals surface area contributed by atoms with Gasteiger partial charge in [0.2, 0.25) is 5.91 Å². The lowest BCUT2D eigenvalue weighted by molar-refractivity contribution is -0.131. The van der Waals surface area contributed by atoms with Crippen molar-refractivity contribution in [1.82, 2.24) is 10.2 Å². The number of hydrogen-bond acceptors (Lipinski definition) is 2. The molecule has 0 spiro atoms. The first-order chi connectivity index (χ1) is 9.97. The first kappa shape index (κ1) is 14.9. The van der Waals surface area contributed by atoms with Crippen LogP contribution < -0.4 is 5.32 Å². The summed E-state index contributed by atoms with van der Waals surface area (Å²) in [4.78, 5) is 14.7. The number of benzene rings is 1. The summed E-state index contributed by atoms with van der Waals surface area (Å²) in [7, 11) is 0. The van der Waals surface area contributed by atoms with Crippen LogP contribution in [0.15, 0.2) is 24.3 Å². The molecule has 1 aliphatic heterocycles. The maximum absolute atomic E-state index is 12.7. The molecule has 0 aromatic heterocycles. The molecule has 2 aliphatic rings. The molecule has 1 N–H and O–H groups in total. The minimum Gasteiger partial charge on any atom is -0.321 e. The number of nitrogens with one attached hydrogen (secondary N) is 1. The normalized spacial score (nSPS) is 32.0. The Morgan fingerprint density at radius 1 is 1.33 bits per heavy atom. The van der Waals surface area contributed by atoms with Crippen molar-refractivity contribution in [3.8, 4) is 0 Å². The number of halogens is 1. The highest BCUT2D eigenvalue weighted by Gasteiger charge is 2.44. The molecule has 0 radical (unpaired) electrons. The molecule has 1 saturated carbocycles. The highest BCUT2D eigenvalue weighted by atomic mass is 35.5. The minimum atomic E-state index is -0.0836. The molecule has 2 fully saturated rings. The lowest BCUT2D eigenvalue weighted by atomic mass is 10.0. The van der Waals surface area contributed by atoms with Crippen molar-refractivity contribution in [3.05, 3.63) is 34.9 Å². The Morgan fingerprint density at radius 3 is 2.48 bits per heavy atom. The molecule has 21 heavy (non-hydrogen) atoms. The molecule has 1 amide bonds. The zero-order valence-electron chi connectivity index (χ0n) is 12.8. The number of amides is 1. The van der Waals surface area contributed by atoms with E-state index in [9.17, 15) is 4.79 Å². The van der Waals surface area contributed by atoms with Gasteiger partial charge in [0, 0.05) is 11.6 Å². The summed E-state index contributed by atoms with van der Waals surface area (Å²) < 4.78 is 0. The highest BCUT2D eigenvalue weighted by molar-refractivity contribution is 6.30. The smallest absolute Gasteiger partial charge is 0.241 e. The van der Waals surface area contributed by atoms with Gasteiger partial charge in [-0.2, -0.15) is 0 Å². The molecule has 3 rings (SSSR count). The van der Waals surface area contributed by atoms with Gasteiger partial charge in [-0.15, -0.1) is 0 Å². The molecule has 1 saturated heterocycles. The first-order valence-corrected chi connectivity index (χ1v) is 8.17. The van der Waals surface area contributed by atoms with Crippen molar-refractivity contribution in [2.45, 2.75) is 39.4 Å². The second kappa shape index (κ2) is 5.62. The second-order valence-electron chi connectivity index (χ2n) is 6.81. The Labute approximate surface area is 131 Å². The van der Waals surface area contributed by atoms with Gasteiger partial charge in [0.15, 0.2) is 0 Å². The zero-order chi connectivity index (χ0) is 15.1. The molecular formula is C17H23ClN2O. The quantitative estimate of drug-likeness (QED) is 0.924. The van der Waals surface area contributed by atoms with Crippen LogP contribution in [0, 0.1) is 17.8 Å². The summed E-state index contributed by atoms with van der Waals surface area (Å²) in [5, 5.41) is 4.23. The maximum Gasteiger partial charge on any atom is 0.241 e. The number of carbonyl (C=O) groups excluding carboxylic acids is 1. The summed E-state index contributed by atoms with van der Waals surface area (Å²) in [6, 6.07) is 7.73. The van der Waals surface area contributed by atoms with Crippen LogP contribution in [-0.2, 0) is 4.79 Å². The SMILES string of the molecule is CC(C)C1NC(c2ccc(Cl)cc2)N(CC2CC2C)C1=O. The zero-order valence-corrected chi connectivity index (χ0v) is 13.6. The van der Waals surface area contributed by atoms with Crippen molar-refractivity contribution in [2.24, 2.45) is 17.8 Å². The Bertz CT molecular complexity index is 528. The monoisotopic (exact) mass is 306 g/mol. The van der Waals surface area contributed by atoms with Crippen LogP contribution in [0.5, 0.6) is 0 Å². The minimum absolute atomic E-state index is 0.0185. The largest absolute Gasteiger partial charge is 0.321 e. The predicted octanol–water partition coefficient (Wildman–Crippen LogP) is 3.45. The van der Waals surface area contributed by atoms with E-state index >= 15 is 0 Å². The molecule has 4 unspecified atom stereocenters. The van der Waals surface area contributed by atoms with E-state index in [1.807, 2.05) is 29.2 Å². The summed E-state index contributed by atoms with van der Waals surface area (Å²) in [5.41, 5.74) is 1.12. The van der Waals surface area contributed by atoms with Crippen molar-refractivity contribution in [3.63, 3.8) is 0 Å². The summed E-state index contributed by atoms with van der Waals surface area (Å²) in [6.45, 7) is 7.31. The van der Waals surface area contributed by atoms with Crippen LogP contribution in [0.4, 0.5) is 0 Å². The number of carbonyl (C=O) groups is 1. The van der Waals surface area contributed by atoms with E-state index in [0.717, 1.165) is 23.0 Å². The average molecular weight is 307 g/mol. The summed E-state index contributed by atoms with van der Waals surface area (Å²) >= 11 is 5.98. The van der Waals surface area contributed by atoms with Gasteiger partial charge in [-0.1, -0.05) is 44.5 Å². The molecule has 3 nitrogen and oxygen atoms in total. The van der Waals surface area contributed by atoms with Gasteiger partial charge in [-0.3, -0.25) is 10.1 Å². The van der Waals surface area contributed by atoms with Crippen LogP contribution in [0.1, 0.15) is 38.9 Å². The second-order valence-corrected chi connectivity index (χ2v) is 7.24. The van der Waals surface area contributed by atoms with Crippen molar-refractivity contribution < 1.29 is 4.79 Å². The van der Waals surface area contributed by atoms with Gasteiger partial charge in [-0.25, -0.2) is 0 Å². The van der Waals surface area contributed by atoms with Crippen molar-refractivity contribution in [1.29, 1.82) is 0 Å². The molecule has 0 bridgehead atoms.